The van der Waals surface area contributed by atoms with E-state index in [9.17, 15) is 0 Å². The maximum atomic E-state index is 2.57. The third-order valence-corrected chi connectivity index (χ3v) is 8.12. The SMILES string of the molecule is CCCCCC(CC)C1(C(CC)CCCCC)c2cc(C)ccc2-c2ccc(C)cc21. The van der Waals surface area contributed by atoms with Gasteiger partial charge in [0.15, 0.2) is 0 Å². The van der Waals surface area contributed by atoms with Crippen LogP contribution in [0.3, 0.4) is 0 Å². The molecule has 0 radical (unpaired) electrons. The van der Waals surface area contributed by atoms with E-state index in [1.807, 2.05) is 0 Å². The highest BCUT2D eigenvalue weighted by Crippen LogP contribution is 2.60. The van der Waals surface area contributed by atoms with Crippen LogP contribution < -0.4 is 0 Å². The van der Waals surface area contributed by atoms with Crippen molar-refractivity contribution in [3.63, 3.8) is 0 Å². The minimum Gasteiger partial charge on any atom is -0.0654 e. The molecule has 0 N–H and O–H groups in total. The highest BCUT2D eigenvalue weighted by Gasteiger charge is 2.51. The summed E-state index contributed by atoms with van der Waals surface area (Å²) in [5.41, 5.74) is 9.35. The second-order valence-electron chi connectivity index (χ2n) is 10.2. The first-order chi connectivity index (χ1) is 15.0. The summed E-state index contributed by atoms with van der Waals surface area (Å²) in [7, 11) is 0. The third kappa shape index (κ3) is 4.50. The van der Waals surface area contributed by atoms with Crippen molar-refractivity contribution in [2.24, 2.45) is 11.8 Å². The van der Waals surface area contributed by atoms with Crippen LogP contribution in [0.5, 0.6) is 0 Å². The summed E-state index contributed by atoms with van der Waals surface area (Å²) >= 11 is 0. The minimum absolute atomic E-state index is 0.174. The van der Waals surface area contributed by atoms with Gasteiger partial charge in [-0.3, -0.25) is 0 Å². The maximum Gasteiger partial charge on any atom is 0.0271 e. The average molecular weight is 419 g/mol. The van der Waals surface area contributed by atoms with Gasteiger partial charge in [0.1, 0.15) is 0 Å². The van der Waals surface area contributed by atoms with Crippen molar-refractivity contribution in [1.29, 1.82) is 0 Å². The Morgan fingerprint density at radius 1 is 0.613 bits per heavy atom. The van der Waals surface area contributed by atoms with Crippen molar-refractivity contribution in [3.05, 3.63) is 58.7 Å². The van der Waals surface area contributed by atoms with E-state index in [0.717, 1.165) is 0 Å². The molecule has 2 aromatic rings. The summed E-state index contributed by atoms with van der Waals surface area (Å²) in [6, 6.07) is 14.6. The average Bonchev–Trinajstić information content (AvgIpc) is 3.04. The maximum absolute atomic E-state index is 2.57. The van der Waals surface area contributed by atoms with E-state index < -0.39 is 0 Å². The summed E-state index contributed by atoms with van der Waals surface area (Å²) in [5, 5.41) is 0. The van der Waals surface area contributed by atoms with Gasteiger partial charge in [-0.2, -0.15) is 0 Å². The lowest BCUT2D eigenvalue weighted by atomic mass is 9.57. The normalized spacial score (nSPS) is 16.1. The molecular weight excluding hydrogens is 372 g/mol. The first kappa shape index (κ1) is 24.1. The number of fused-ring (bicyclic) bond motifs is 3. The van der Waals surface area contributed by atoms with Gasteiger partial charge in [0.2, 0.25) is 0 Å². The zero-order valence-corrected chi connectivity index (χ0v) is 21.2. The van der Waals surface area contributed by atoms with Crippen LogP contribution in [0.2, 0.25) is 0 Å². The summed E-state index contributed by atoms with van der Waals surface area (Å²) in [6.07, 6.45) is 13.3. The summed E-state index contributed by atoms with van der Waals surface area (Å²) < 4.78 is 0. The molecule has 2 unspecified atom stereocenters. The van der Waals surface area contributed by atoms with Crippen LogP contribution in [0.1, 0.15) is 114 Å². The van der Waals surface area contributed by atoms with Gasteiger partial charge in [-0.15, -0.1) is 0 Å². The van der Waals surface area contributed by atoms with Gasteiger partial charge in [0, 0.05) is 5.41 Å². The zero-order valence-electron chi connectivity index (χ0n) is 21.2. The highest BCUT2D eigenvalue weighted by atomic mass is 14.5. The van der Waals surface area contributed by atoms with Crippen LogP contribution in [0, 0.1) is 25.7 Å². The zero-order chi connectivity index (χ0) is 22.4. The molecule has 0 aromatic heterocycles. The van der Waals surface area contributed by atoms with Crippen LogP contribution >= 0.6 is 0 Å². The molecule has 0 heterocycles. The lowest BCUT2D eigenvalue weighted by Crippen LogP contribution is -2.42. The lowest BCUT2D eigenvalue weighted by Gasteiger charge is -2.46. The Bertz CT molecular complexity index is 772. The number of benzene rings is 2. The predicted molar refractivity (Wildman–Crippen MR) is 138 cm³/mol. The van der Waals surface area contributed by atoms with Crippen LogP contribution in [-0.4, -0.2) is 0 Å². The van der Waals surface area contributed by atoms with Crippen molar-refractivity contribution in [1.82, 2.24) is 0 Å². The monoisotopic (exact) mass is 418 g/mol. The van der Waals surface area contributed by atoms with Crippen molar-refractivity contribution in [2.75, 3.05) is 0 Å². The first-order valence-corrected chi connectivity index (χ1v) is 13.3. The Kier molecular flexibility index (Phi) is 8.43. The Balaban J connectivity index is 2.25. The topological polar surface area (TPSA) is 0 Å². The van der Waals surface area contributed by atoms with Crippen molar-refractivity contribution >= 4 is 0 Å². The number of hydrogen-bond donors (Lipinski definition) is 0. The lowest BCUT2D eigenvalue weighted by molar-refractivity contribution is 0.178. The van der Waals surface area contributed by atoms with Gasteiger partial charge in [0.05, 0.1) is 0 Å². The largest absolute Gasteiger partial charge is 0.0654 e. The molecule has 0 nitrogen and oxygen atoms in total. The third-order valence-electron chi connectivity index (χ3n) is 8.12. The van der Waals surface area contributed by atoms with Crippen LogP contribution in [0.25, 0.3) is 11.1 Å². The van der Waals surface area contributed by atoms with Gasteiger partial charge in [-0.25, -0.2) is 0 Å². The van der Waals surface area contributed by atoms with E-state index in [1.54, 1.807) is 11.1 Å². The van der Waals surface area contributed by atoms with Crippen LogP contribution in [0.15, 0.2) is 36.4 Å². The number of unbranched alkanes of at least 4 members (excludes halogenated alkanes) is 4. The number of aryl methyl sites for hydroxylation is 2. The van der Waals surface area contributed by atoms with Crippen molar-refractivity contribution in [2.45, 2.75) is 111 Å². The van der Waals surface area contributed by atoms with Crippen LogP contribution in [0.4, 0.5) is 0 Å². The predicted octanol–water partition coefficient (Wildman–Crippen LogP) is 9.78. The fraction of sp³-hybridized carbons (Fsp3) is 0.613. The molecule has 3 rings (SSSR count). The van der Waals surface area contributed by atoms with E-state index in [4.69, 9.17) is 0 Å². The van der Waals surface area contributed by atoms with Gasteiger partial charge >= 0.3 is 0 Å². The second-order valence-corrected chi connectivity index (χ2v) is 10.2. The molecule has 1 aliphatic carbocycles. The van der Waals surface area contributed by atoms with Crippen LogP contribution in [-0.2, 0) is 5.41 Å². The van der Waals surface area contributed by atoms with E-state index in [2.05, 4.69) is 77.9 Å². The molecule has 2 atom stereocenters. The van der Waals surface area contributed by atoms with E-state index in [1.165, 1.54) is 86.5 Å². The fourth-order valence-corrected chi connectivity index (χ4v) is 6.62. The molecule has 0 aliphatic heterocycles. The quantitative estimate of drug-likeness (QED) is 0.301. The Morgan fingerprint density at radius 3 is 1.39 bits per heavy atom. The molecule has 170 valence electrons. The van der Waals surface area contributed by atoms with E-state index >= 15 is 0 Å². The fourth-order valence-electron chi connectivity index (χ4n) is 6.62. The van der Waals surface area contributed by atoms with Crippen molar-refractivity contribution in [3.8, 4) is 11.1 Å². The standard InChI is InChI=1S/C31H46/c1-7-11-13-15-25(9-3)31(26(10-4)16-14-12-8-2)29-21-23(5)17-19-27(29)28-20-18-24(6)22-30(28)31/h17-22,25-26H,7-16H2,1-6H3. The number of hydrogen-bond acceptors (Lipinski definition) is 0. The molecule has 0 saturated heterocycles. The molecular formula is C31H46. The Hall–Kier alpha value is -1.56. The molecule has 1 aliphatic rings. The summed E-state index contributed by atoms with van der Waals surface area (Å²) in [5.74, 6) is 1.43. The minimum atomic E-state index is 0.174. The molecule has 0 spiro atoms. The molecule has 31 heavy (non-hydrogen) atoms. The van der Waals surface area contributed by atoms with Gasteiger partial charge < -0.3 is 0 Å². The van der Waals surface area contributed by atoms with Crippen molar-refractivity contribution < 1.29 is 0 Å². The summed E-state index contributed by atoms with van der Waals surface area (Å²) in [4.78, 5) is 0. The molecule has 2 aromatic carbocycles. The smallest absolute Gasteiger partial charge is 0.0271 e. The van der Waals surface area contributed by atoms with E-state index in [-0.39, 0.29) is 5.41 Å². The second kappa shape index (κ2) is 10.8. The molecule has 0 fully saturated rings. The molecule has 0 saturated carbocycles. The van der Waals surface area contributed by atoms with Gasteiger partial charge in [-0.1, -0.05) is 127 Å². The summed E-state index contributed by atoms with van der Waals surface area (Å²) in [6.45, 7) is 14.2. The molecule has 0 heteroatoms. The number of rotatable bonds is 12. The molecule has 0 bridgehead atoms. The first-order valence-electron chi connectivity index (χ1n) is 13.3. The van der Waals surface area contributed by atoms with Gasteiger partial charge in [-0.05, 0) is 60.8 Å². The molecule has 0 amide bonds. The Morgan fingerprint density at radius 2 is 1.03 bits per heavy atom. The van der Waals surface area contributed by atoms with E-state index in [0.29, 0.717) is 11.8 Å². The Labute approximate surface area is 192 Å². The highest BCUT2D eigenvalue weighted by molar-refractivity contribution is 5.82. The van der Waals surface area contributed by atoms with Gasteiger partial charge in [0.25, 0.3) is 0 Å².